The number of rotatable bonds is 6. The number of anilines is 3. The van der Waals surface area contributed by atoms with E-state index in [2.05, 4.69) is 213 Å². The van der Waals surface area contributed by atoms with Gasteiger partial charge in [0.05, 0.1) is 5.69 Å². The van der Waals surface area contributed by atoms with Gasteiger partial charge in [0.2, 0.25) is 6.71 Å². The van der Waals surface area contributed by atoms with Gasteiger partial charge in [0.1, 0.15) is 0 Å². The summed E-state index contributed by atoms with van der Waals surface area (Å²) in [5.41, 5.74) is 19.0. The third kappa shape index (κ3) is 8.19. The molecule has 9 aromatic rings. The van der Waals surface area contributed by atoms with Crippen molar-refractivity contribution in [3.63, 3.8) is 0 Å². The summed E-state index contributed by atoms with van der Waals surface area (Å²) in [5.74, 6) is 1.98. The Morgan fingerprint density at radius 1 is 0.377 bits per heavy atom. The molecule has 0 spiro atoms. The molecule has 4 nitrogen and oxygen atoms in total. The van der Waals surface area contributed by atoms with E-state index in [0.29, 0.717) is 17.5 Å². The van der Waals surface area contributed by atoms with E-state index in [1.165, 1.54) is 76.5 Å². The molecule has 2 aliphatic rings. The fraction of sp³-hybridized carbons (Fsp3) is 0.190. The lowest BCUT2D eigenvalue weighted by molar-refractivity contribution is 0.569. The molecule has 0 radical (unpaired) electrons. The summed E-state index contributed by atoms with van der Waals surface area (Å²) in [6.07, 6.45) is 0. The van der Waals surface area contributed by atoms with Crippen LogP contribution >= 0.6 is 11.8 Å². The van der Waals surface area contributed by atoms with E-state index in [1.54, 1.807) is 0 Å². The molecule has 8 aromatic carbocycles. The van der Waals surface area contributed by atoms with Crippen LogP contribution in [-0.2, 0) is 16.2 Å². The van der Waals surface area contributed by atoms with Crippen molar-refractivity contribution in [3.8, 4) is 56.4 Å². The normalized spacial score (nSPS) is 13.2. The fourth-order valence-electron chi connectivity index (χ4n) is 9.94. The Morgan fingerprint density at radius 2 is 0.899 bits per heavy atom. The first-order valence-electron chi connectivity index (χ1n) is 24.2. The second-order valence-electron chi connectivity index (χ2n) is 21.7. The topological polar surface area (TPSA) is 41.9 Å². The Labute approximate surface area is 413 Å². The number of aromatic nitrogens is 3. The predicted octanol–water partition coefficient (Wildman–Crippen LogP) is 14.9. The van der Waals surface area contributed by atoms with Crippen LogP contribution in [0.1, 0.15) is 79.0 Å². The second kappa shape index (κ2) is 16.9. The molecule has 1 aromatic heterocycles. The van der Waals surface area contributed by atoms with Crippen molar-refractivity contribution < 1.29 is 0 Å². The van der Waals surface area contributed by atoms with Crippen molar-refractivity contribution in [2.24, 2.45) is 0 Å². The van der Waals surface area contributed by atoms with Crippen LogP contribution < -0.4 is 21.3 Å². The highest BCUT2D eigenvalue weighted by Crippen LogP contribution is 2.48. The SMILES string of the molecule is CC(C)(C)c1cc(-c2ccc3c(c2)B2c4cccc(-c5nc(-c6ccccc6)nc(-c6ccccc6)n5)c4Sc4cc(C(C)(C)C)cc(c42)N3c2ccccc2-c2ccccc2)cc(C(C)(C)C)c1. The molecule has 0 fully saturated rings. The van der Waals surface area contributed by atoms with Crippen molar-refractivity contribution in [2.45, 2.75) is 88.3 Å². The Morgan fingerprint density at radius 3 is 1.49 bits per heavy atom. The lowest BCUT2D eigenvalue weighted by Gasteiger charge is -2.42. The summed E-state index contributed by atoms with van der Waals surface area (Å²) < 4.78 is 0. The van der Waals surface area contributed by atoms with Crippen LogP contribution in [0.3, 0.4) is 0 Å². The third-order valence-corrected chi connectivity index (χ3v) is 15.0. The van der Waals surface area contributed by atoms with Crippen molar-refractivity contribution in [2.75, 3.05) is 4.90 Å². The van der Waals surface area contributed by atoms with Crippen LogP contribution in [0.15, 0.2) is 192 Å². The maximum atomic E-state index is 5.30. The average molecular weight is 913 g/mol. The Balaban J connectivity index is 1.20. The van der Waals surface area contributed by atoms with Crippen LogP contribution in [0.4, 0.5) is 17.1 Å². The van der Waals surface area contributed by atoms with E-state index in [4.69, 9.17) is 15.0 Å². The van der Waals surface area contributed by atoms with E-state index < -0.39 is 0 Å². The molecule has 338 valence electrons. The summed E-state index contributed by atoms with van der Waals surface area (Å²) in [6.45, 7) is 20.9. The van der Waals surface area contributed by atoms with Crippen molar-refractivity contribution in [1.29, 1.82) is 0 Å². The molecule has 0 saturated heterocycles. The van der Waals surface area contributed by atoms with Gasteiger partial charge in [0, 0.05) is 43.4 Å². The second-order valence-corrected chi connectivity index (χ2v) is 22.8. The van der Waals surface area contributed by atoms with Crippen LogP contribution in [0.25, 0.3) is 56.4 Å². The predicted molar refractivity (Wildman–Crippen MR) is 293 cm³/mol. The minimum Gasteiger partial charge on any atom is -0.311 e. The largest absolute Gasteiger partial charge is 0.311 e. The third-order valence-electron chi connectivity index (χ3n) is 13.8. The maximum absolute atomic E-state index is 5.30. The quantitative estimate of drug-likeness (QED) is 0.156. The van der Waals surface area contributed by atoms with E-state index >= 15 is 0 Å². The lowest BCUT2D eigenvalue weighted by atomic mass is 9.34. The molecule has 11 rings (SSSR count). The zero-order chi connectivity index (χ0) is 47.8. The standard InChI is InChI=1S/C63H57BN4S/c1-61(2,3)45-34-44(35-46(37-45)62(4,5)6)43-32-33-53-51(36-43)64-50-30-21-29-49(60-66-58(41-24-15-11-16-25-41)65-59(67-60)42-26-17-12-18-27-42)57(50)69-55-39-47(63(7,8)9)38-54(56(55)64)68(53)52-31-20-19-28-48(52)40-22-13-10-14-23-40/h10-39H,1-9H3. The minimum atomic E-state index is -0.123. The molecule has 0 saturated carbocycles. The lowest BCUT2D eigenvalue weighted by Crippen LogP contribution is -2.60. The Bertz CT molecular complexity index is 3330. The molecule has 2 aliphatic heterocycles. The van der Waals surface area contributed by atoms with E-state index in [1.807, 2.05) is 48.2 Å². The molecule has 69 heavy (non-hydrogen) atoms. The Hall–Kier alpha value is -7.02. The van der Waals surface area contributed by atoms with E-state index in [-0.39, 0.29) is 23.0 Å². The number of fused-ring (bicyclic) bond motifs is 4. The first-order chi connectivity index (χ1) is 33.1. The smallest absolute Gasteiger partial charge is 0.249 e. The summed E-state index contributed by atoms with van der Waals surface area (Å²) >= 11 is 1.86. The zero-order valence-electron chi connectivity index (χ0n) is 41.1. The maximum Gasteiger partial charge on any atom is 0.249 e. The Kier molecular flexibility index (Phi) is 10.9. The van der Waals surface area contributed by atoms with Crippen LogP contribution in [0.5, 0.6) is 0 Å². The summed E-state index contributed by atoms with van der Waals surface area (Å²) in [6, 6.07) is 66.6. The van der Waals surface area contributed by atoms with Gasteiger partial charge in [-0.3, -0.25) is 0 Å². The highest BCUT2D eigenvalue weighted by atomic mass is 32.2. The highest BCUT2D eigenvalue weighted by Gasteiger charge is 2.43. The minimum absolute atomic E-state index is 0.0213. The van der Waals surface area contributed by atoms with Gasteiger partial charge in [-0.05, 0) is 84.8 Å². The molecule has 0 N–H and O–H groups in total. The van der Waals surface area contributed by atoms with Gasteiger partial charge in [-0.1, -0.05) is 237 Å². The van der Waals surface area contributed by atoms with Gasteiger partial charge in [0.15, 0.2) is 17.5 Å². The van der Waals surface area contributed by atoms with E-state index in [9.17, 15) is 0 Å². The van der Waals surface area contributed by atoms with Crippen molar-refractivity contribution >= 4 is 51.9 Å². The molecule has 0 atom stereocenters. The molecule has 0 bridgehead atoms. The highest BCUT2D eigenvalue weighted by molar-refractivity contribution is 8.00. The van der Waals surface area contributed by atoms with Gasteiger partial charge in [-0.15, -0.1) is 0 Å². The molecule has 3 heterocycles. The van der Waals surface area contributed by atoms with E-state index in [0.717, 1.165) is 22.4 Å². The van der Waals surface area contributed by atoms with Crippen LogP contribution in [-0.4, -0.2) is 21.7 Å². The van der Waals surface area contributed by atoms with Crippen molar-refractivity contribution in [1.82, 2.24) is 15.0 Å². The van der Waals surface area contributed by atoms with Gasteiger partial charge >= 0.3 is 0 Å². The molecule has 0 unspecified atom stereocenters. The van der Waals surface area contributed by atoms with Crippen LogP contribution in [0.2, 0.25) is 0 Å². The molecule has 6 heteroatoms. The number of hydrogen-bond donors (Lipinski definition) is 0. The summed E-state index contributed by atoms with van der Waals surface area (Å²) in [4.78, 5) is 20.7. The zero-order valence-corrected chi connectivity index (χ0v) is 41.9. The molecule has 0 aliphatic carbocycles. The fourth-order valence-corrected chi connectivity index (χ4v) is 11.3. The first kappa shape index (κ1) is 44.5. The molecular formula is C63H57BN4S. The number of hydrogen-bond acceptors (Lipinski definition) is 5. The first-order valence-corrected chi connectivity index (χ1v) is 25.0. The monoisotopic (exact) mass is 912 g/mol. The average Bonchev–Trinajstić information content (AvgIpc) is 3.35. The van der Waals surface area contributed by atoms with Crippen molar-refractivity contribution in [3.05, 3.63) is 199 Å². The number of para-hydroxylation sites is 1. The van der Waals surface area contributed by atoms with Gasteiger partial charge in [-0.2, -0.15) is 0 Å². The molecule has 0 amide bonds. The van der Waals surface area contributed by atoms with Gasteiger partial charge in [-0.25, -0.2) is 15.0 Å². The summed E-state index contributed by atoms with van der Waals surface area (Å²) in [5, 5.41) is 0. The van der Waals surface area contributed by atoms with Crippen LogP contribution in [0, 0.1) is 0 Å². The number of benzene rings is 8. The number of nitrogens with zero attached hydrogens (tertiary/aromatic N) is 4. The molecular weight excluding hydrogens is 856 g/mol. The summed E-state index contributed by atoms with van der Waals surface area (Å²) in [7, 11) is 0. The van der Waals surface area contributed by atoms with Gasteiger partial charge < -0.3 is 4.90 Å². The van der Waals surface area contributed by atoms with Gasteiger partial charge in [0.25, 0.3) is 0 Å².